The molecule has 26 heavy (non-hydrogen) atoms. The molecular formula is C19H28N2O4S. The third kappa shape index (κ3) is 8.89. The number of carbonyl (C=O) groups excluding carboxylic acids is 2. The molecule has 0 unspecified atom stereocenters. The van der Waals surface area contributed by atoms with E-state index in [4.69, 9.17) is 0 Å². The highest BCUT2D eigenvalue weighted by Crippen LogP contribution is 2.08. The van der Waals surface area contributed by atoms with Crippen molar-refractivity contribution in [2.24, 2.45) is 5.92 Å². The molecule has 1 aromatic rings. The van der Waals surface area contributed by atoms with Gasteiger partial charge in [0.15, 0.2) is 5.12 Å². The standard InChI is InChI=1S/C19H28N2O4S/c1-14(2)9-10-21(11-12-26-15(3)22)19(25)20-17(18(23)24)13-16-7-5-4-6-8-16/h4-8,14,17H,9-13H2,1-3H3,(H,20,25)(H,23,24)/t17-/m0/s1. The Morgan fingerprint density at radius 2 is 1.81 bits per heavy atom. The van der Waals surface area contributed by atoms with Crippen LogP contribution < -0.4 is 5.32 Å². The number of carboxylic acid groups (broad SMARTS) is 1. The minimum Gasteiger partial charge on any atom is -0.480 e. The molecule has 0 fully saturated rings. The molecule has 144 valence electrons. The first kappa shape index (κ1) is 22.0. The van der Waals surface area contributed by atoms with Crippen LogP contribution in [0.5, 0.6) is 0 Å². The topological polar surface area (TPSA) is 86.7 Å². The zero-order valence-corrected chi connectivity index (χ0v) is 16.4. The van der Waals surface area contributed by atoms with Crippen molar-refractivity contribution in [3.63, 3.8) is 0 Å². The van der Waals surface area contributed by atoms with Crippen molar-refractivity contribution >= 4 is 28.9 Å². The molecule has 0 saturated carbocycles. The molecular weight excluding hydrogens is 352 g/mol. The predicted octanol–water partition coefficient (Wildman–Crippen LogP) is 3.02. The largest absolute Gasteiger partial charge is 0.480 e. The molecule has 0 spiro atoms. The summed E-state index contributed by atoms with van der Waals surface area (Å²) in [5, 5.41) is 12.1. The van der Waals surface area contributed by atoms with Crippen LogP contribution in [0.2, 0.25) is 0 Å². The lowest BCUT2D eigenvalue weighted by Crippen LogP contribution is -2.49. The van der Waals surface area contributed by atoms with Crippen LogP contribution in [0.15, 0.2) is 30.3 Å². The van der Waals surface area contributed by atoms with Gasteiger partial charge in [-0.3, -0.25) is 4.79 Å². The summed E-state index contributed by atoms with van der Waals surface area (Å²) >= 11 is 1.16. The van der Waals surface area contributed by atoms with Gasteiger partial charge in [0.05, 0.1) is 0 Å². The summed E-state index contributed by atoms with van der Waals surface area (Å²) in [6.45, 7) is 6.55. The van der Waals surface area contributed by atoms with Crippen molar-refractivity contribution in [3.05, 3.63) is 35.9 Å². The van der Waals surface area contributed by atoms with E-state index in [0.29, 0.717) is 24.8 Å². The van der Waals surface area contributed by atoms with E-state index in [1.807, 2.05) is 30.3 Å². The SMILES string of the molecule is CC(=O)SCCN(CCC(C)C)C(=O)N[C@@H](Cc1ccccc1)C(=O)O. The number of carboxylic acids is 1. The van der Waals surface area contributed by atoms with Crippen LogP contribution in [0.1, 0.15) is 32.8 Å². The second kappa shape index (κ2) is 11.6. The average molecular weight is 381 g/mol. The maximum atomic E-state index is 12.6. The second-order valence-corrected chi connectivity index (χ2v) is 7.81. The minimum absolute atomic E-state index is 0.00158. The quantitative estimate of drug-likeness (QED) is 0.651. The summed E-state index contributed by atoms with van der Waals surface area (Å²) in [6, 6.07) is 7.81. The Labute approximate surface area is 159 Å². The normalized spacial score (nSPS) is 11.8. The smallest absolute Gasteiger partial charge is 0.326 e. The average Bonchev–Trinajstić information content (AvgIpc) is 2.57. The second-order valence-electron chi connectivity index (χ2n) is 6.54. The molecule has 6 nitrogen and oxygen atoms in total. The number of hydrogen-bond acceptors (Lipinski definition) is 4. The summed E-state index contributed by atoms with van der Waals surface area (Å²) in [6.07, 6.45) is 1.04. The van der Waals surface area contributed by atoms with Crippen LogP contribution in [0.25, 0.3) is 0 Å². The predicted molar refractivity (Wildman–Crippen MR) is 104 cm³/mol. The molecule has 0 bridgehead atoms. The first-order valence-electron chi connectivity index (χ1n) is 8.75. The Morgan fingerprint density at radius 3 is 2.35 bits per heavy atom. The van der Waals surface area contributed by atoms with Crippen molar-refractivity contribution in [3.8, 4) is 0 Å². The van der Waals surface area contributed by atoms with Crippen LogP contribution in [-0.4, -0.2) is 52.0 Å². The summed E-state index contributed by atoms with van der Waals surface area (Å²) in [7, 11) is 0. The molecule has 2 N–H and O–H groups in total. The van der Waals surface area contributed by atoms with E-state index >= 15 is 0 Å². The Bertz CT molecular complexity index is 592. The fraction of sp³-hybridized carbons (Fsp3) is 0.526. The monoisotopic (exact) mass is 380 g/mol. The van der Waals surface area contributed by atoms with Gasteiger partial charge in [-0.1, -0.05) is 55.9 Å². The van der Waals surface area contributed by atoms with Gasteiger partial charge in [-0.05, 0) is 17.9 Å². The molecule has 0 aliphatic rings. The molecule has 2 amide bonds. The zero-order valence-electron chi connectivity index (χ0n) is 15.6. The van der Waals surface area contributed by atoms with Crippen molar-refractivity contribution < 1.29 is 19.5 Å². The number of carbonyl (C=O) groups is 3. The lowest BCUT2D eigenvalue weighted by molar-refractivity contribution is -0.139. The van der Waals surface area contributed by atoms with Crippen molar-refractivity contribution in [1.82, 2.24) is 10.2 Å². The number of nitrogens with one attached hydrogen (secondary N) is 1. The Hall–Kier alpha value is -2.02. The molecule has 1 rings (SSSR count). The zero-order chi connectivity index (χ0) is 19.5. The third-order valence-electron chi connectivity index (χ3n) is 3.81. The maximum Gasteiger partial charge on any atom is 0.326 e. The molecule has 0 aliphatic heterocycles. The molecule has 0 heterocycles. The molecule has 7 heteroatoms. The van der Waals surface area contributed by atoms with Crippen LogP contribution >= 0.6 is 11.8 Å². The van der Waals surface area contributed by atoms with E-state index in [9.17, 15) is 19.5 Å². The van der Waals surface area contributed by atoms with Gasteiger partial charge in [-0.25, -0.2) is 9.59 Å². The van der Waals surface area contributed by atoms with E-state index in [1.165, 1.54) is 6.92 Å². The summed E-state index contributed by atoms with van der Waals surface area (Å²) < 4.78 is 0. The van der Waals surface area contributed by atoms with Gasteiger partial charge in [0.25, 0.3) is 0 Å². The Balaban J connectivity index is 2.72. The molecule has 0 aliphatic carbocycles. The van der Waals surface area contributed by atoms with Gasteiger partial charge in [0.2, 0.25) is 0 Å². The van der Waals surface area contributed by atoms with E-state index in [0.717, 1.165) is 23.7 Å². The van der Waals surface area contributed by atoms with Gasteiger partial charge < -0.3 is 15.3 Å². The first-order valence-corrected chi connectivity index (χ1v) is 9.73. The number of benzene rings is 1. The lowest BCUT2D eigenvalue weighted by atomic mass is 10.1. The minimum atomic E-state index is -1.07. The first-order chi connectivity index (χ1) is 12.3. The fourth-order valence-electron chi connectivity index (χ4n) is 2.32. The number of urea groups is 1. The molecule has 1 aromatic carbocycles. The van der Waals surface area contributed by atoms with Crippen LogP contribution in [0, 0.1) is 5.92 Å². The highest BCUT2D eigenvalue weighted by molar-refractivity contribution is 8.13. The van der Waals surface area contributed by atoms with Gasteiger partial charge in [-0.15, -0.1) is 0 Å². The molecule has 1 atom stereocenters. The number of nitrogens with zero attached hydrogens (tertiary/aromatic N) is 1. The Morgan fingerprint density at radius 1 is 1.15 bits per heavy atom. The van der Waals surface area contributed by atoms with Crippen LogP contribution in [-0.2, 0) is 16.0 Å². The summed E-state index contributed by atoms with van der Waals surface area (Å²) in [5.41, 5.74) is 0.848. The highest BCUT2D eigenvalue weighted by atomic mass is 32.2. The summed E-state index contributed by atoms with van der Waals surface area (Å²) in [5.74, 6) is -0.147. The van der Waals surface area contributed by atoms with Crippen LogP contribution in [0.3, 0.4) is 0 Å². The molecule has 0 radical (unpaired) electrons. The lowest BCUT2D eigenvalue weighted by Gasteiger charge is -2.26. The molecule has 0 aromatic heterocycles. The van der Waals surface area contributed by atoms with E-state index in [-0.39, 0.29) is 11.5 Å². The number of rotatable bonds is 10. The van der Waals surface area contributed by atoms with E-state index < -0.39 is 18.0 Å². The van der Waals surface area contributed by atoms with Crippen molar-refractivity contribution in [2.45, 2.75) is 39.7 Å². The van der Waals surface area contributed by atoms with Gasteiger partial charge >= 0.3 is 12.0 Å². The fourth-order valence-corrected chi connectivity index (χ4v) is 2.92. The number of aliphatic carboxylic acids is 1. The van der Waals surface area contributed by atoms with Gasteiger partial charge in [-0.2, -0.15) is 0 Å². The number of amides is 2. The number of thioether (sulfide) groups is 1. The summed E-state index contributed by atoms with van der Waals surface area (Å²) in [4.78, 5) is 36.8. The number of hydrogen-bond donors (Lipinski definition) is 2. The molecule has 0 saturated heterocycles. The van der Waals surface area contributed by atoms with Gasteiger partial charge in [0, 0.05) is 32.2 Å². The maximum absolute atomic E-state index is 12.6. The van der Waals surface area contributed by atoms with Crippen molar-refractivity contribution in [1.29, 1.82) is 0 Å². The van der Waals surface area contributed by atoms with Crippen molar-refractivity contribution in [2.75, 3.05) is 18.8 Å². The van der Waals surface area contributed by atoms with E-state index in [1.54, 1.807) is 4.90 Å². The van der Waals surface area contributed by atoms with E-state index in [2.05, 4.69) is 19.2 Å². The van der Waals surface area contributed by atoms with Crippen LogP contribution in [0.4, 0.5) is 4.79 Å². The Kier molecular flexibility index (Phi) is 9.80. The highest BCUT2D eigenvalue weighted by Gasteiger charge is 2.23. The third-order valence-corrected chi connectivity index (χ3v) is 4.60. The van der Waals surface area contributed by atoms with Gasteiger partial charge in [0.1, 0.15) is 6.04 Å².